The van der Waals surface area contributed by atoms with E-state index in [-0.39, 0.29) is 6.03 Å². The van der Waals surface area contributed by atoms with Crippen LogP contribution in [0.25, 0.3) is 0 Å². The van der Waals surface area contributed by atoms with E-state index in [1.807, 2.05) is 31.1 Å². The summed E-state index contributed by atoms with van der Waals surface area (Å²) in [4.78, 5) is 13.4. The summed E-state index contributed by atoms with van der Waals surface area (Å²) in [5.41, 5.74) is 0. The maximum absolute atomic E-state index is 11.4. The number of nitrogens with zero attached hydrogens (tertiary/aromatic N) is 1. The zero-order valence-corrected chi connectivity index (χ0v) is 12.0. The van der Waals surface area contributed by atoms with Crippen LogP contribution in [-0.2, 0) is 0 Å². The molecule has 0 fully saturated rings. The lowest BCUT2D eigenvalue weighted by atomic mass is 10.3. The molecule has 0 bridgehead atoms. The number of urea groups is 1. The van der Waals surface area contributed by atoms with Crippen molar-refractivity contribution in [3.63, 3.8) is 0 Å². The van der Waals surface area contributed by atoms with E-state index in [1.165, 1.54) is 0 Å². The second-order valence-corrected chi connectivity index (χ2v) is 4.67. The molecule has 0 aliphatic rings. The van der Waals surface area contributed by atoms with Crippen molar-refractivity contribution < 1.29 is 9.53 Å². The summed E-state index contributed by atoms with van der Waals surface area (Å²) in [6.45, 7) is 2.23. The minimum Gasteiger partial charge on any atom is -0.490 e. The van der Waals surface area contributed by atoms with Crippen molar-refractivity contribution in [3.05, 3.63) is 29.3 Å². The summed E-state index contributed by atoms with van der Waals surface area (Å²) in [6.07, 6.45) is 0. The minimum absolute atomic E-state index is 0.190. The topological polar surface area (TPSA) is 53.6 Å². The van der Waals surface area contributed by atoms with Crippen LogP contribution < -0.4 is 15.4 Å². The standard InChI is InChI=1S/C13H20ClN3O2/c1-17(2)9-7-15-13(18)16-8-10-19-12-6-4-3-5-11(12)14/h3-6H,7-10H2,1-2H3,(H2,15,16,18). The summed E-state index contributed by atoms with van der Waals surface area (Å²) in [7, 11) is 3.91. The van der Waals surface area contributed by atoms with Crippen molar-refractivity contribution in [1.82, 2.24) is 15.5 Å². The van der Waals surface area contributed by atoms with E-state index in [2.05, 4.69) is 10.6 Å². The van der Waals surface area contributed by atoms with Gasteiger partial charge in [0.15, 0.2) is 0 Å². The molecule has 0 aliphatic carbocycles. The molecule has 0 spiro atoms. The van der Waals surface area contributed by atoms with Gasteiger partial charge in [0.05, 0.1) is 11.6 Å². The molecule has 0 aliphatic heterocycles. The number of benzene rings is 1. The fourth-order valence-electron chi connectivity index (χ4n) is 1.34. The van der Waals surface area contributed by atoms with E-state index < -0.39 is 0 Å². The zero-order chi connectivity index (χ0) is 14.1. The van der Waals surface area contributed by atoms with Crippen LogP contribution in [0.5, 0.6) is 5.75 Å². The van der Waals surface area contributed by atoms with Gasteiger partial charge in [-0.2, -0.15) is 0 Å². The van der Waals surface area contributed by atoms with E-state index >= 15 is 0 Å². The van der Waals surface area contributed by atoms with Crippen molar-refractivity contribution in [1.29, 1.82) is 0 Å². The summed E-state index contributed by atoms with van der Waals surface area (Å²) in [6, 6.07) is 7.05. The molecule has 2 N–H and O–H groups in total. The third-order valence-corrected chi connectivity index (χ3v) is 2.64. The molecule has 6 heteroatoms. The highest BCUT2D eigenvalue weighted by Crippen LogP contribution is 2.22. The summed E-state index contributed by atoms with van der Waals surface area (Å²) < 4.78 is 5.45. The van der Waals surface area contributed by atoms with E-state index in [1.54, 1.807) is 12.1 Å². The Labute approximate surface area is 118 Å². The van der Waals surface area contributed by atoms with E-state index in [9.17, 15) is 4.79 Å². The Bertz CT molecular complexity index is 399. The fraction of sp³-hybridized carbons (Fsp3) is 0.462. The highest BCUT2D eigenvalue weighted by atomic mass is 35.5. The van der Waals surface area contributed by atoms with Crippen LogP contribution in [0.15, 0.2) is 24.3 Å². The highest BCUT2D eigenvalue weighted by molar-refractivity contribution is 6.32. The maximum Gasteiger partial charge on any atom is 0.314 e. The first kappa shape index (κ1) is 15.6. The second kappa shape index (κ2) is 8.61. The van der Waals surface area contributed by atoms with Gasteiger partial charge in [0.25, 0.3) is 0 Å². The Balaban J connectivity index is 2.10. The molecule has 0 saturated heterocycles. The molecule has 5 nitrogen and oxygen atoms in total. The van der Waals surface area contributed by atoms with Crippen LogP contribution in [0, 0.1) is 0 Å². The van der Waals surface area contributed by atoms with Gasteiger partial charge >= 0.3 is 6.03 Å². The predicted molar refractivity (Wildman–Crippen MR) is 76.9 cm³/mol. The Morgan fingerprint density at radius 3 is 2.63 bits per heavy atom. The molecule has 19 heavy (non-hydrogen) atoms. The Kier molecular flexibility index (Phi) is 7.07. The quantitative estimate of drug-likeness (QED) is 0.748. The van der Waals surface area contributed by atoms with Crippen LogP contribution in [-0.4, -0.2) is 51.3 Å². The van der Waals surface area contributed by atoms with Crippen molar-refractivity contribution >= 4 is 17.6 Å². The molecule has 0 heterocycles. The summed E-state index contributed by atoms with van der Waals surface area (Å²) in [5, 5.41) is 6.03. The highest BCUT2D eigenvalue weighted by Gasteiger charge is 2.01. The monoisotopic (exact) mass is 285 g/mol. The summed E-state index contributed by atoms with van der Waals surface area (Å²) in [5.74, 6) is 0.624. The molecule has 0 unspecified atom stereocenters. The van der Waals surface area contributed by atoms with Gasteiger partial charge in [-0.05, 0) is 26.2 Å². The van der Waals surface area contributed by atoms with E-state index in [4.69, 9.17) is 16.3 Å². The van der Waals surface area contributed by atoms with Gasteiger partial charge in [-0.15, -0.1) is 0 Å². The van der Waals surface area contributed by atoms with Gasteiger partial charge in [-0.3, -0.25) is 0 Å². The van der Waals surface area contributed by atoms with E-state index in [0.717, 1.165) is 6.54 Å². The SMILES string of the molecule is CN(C)CCNC(=O)NCCOc1ccccc1Cl. The van der Waals surface area contributed by atoms with Gasteiger partial charge in [-0.25, -0.2) is 4.79 Å². The van der Waals surface area contributed by atoms with Gasteiger partial charge in [0, 0.05) is 13.1 Å². The van der Waals surface area contributed by atoms with Crippen molar-refractivity contribution in [2.45, 2.75) is 0 Å². The molecular formula is C13H20ClN3O2. The molecule has 0 radical (unpaired) electrons. The number of ether oxygens (including phenoxy) is 1. The van der Waals surface area contributed by atoms with Crippen LogP contribution in [0.3, 0.4) is 0 Å². The minimum atomic E-state index is -0.190. The number of likely N-dealkylation sites (N-methyl/N-ethyl adjacent to an activating group) is 1. The molecular weight excluding hydrogens is 266 g/mol. The van der Waals surface area contributed by atoms with E-state index in [0.29, 0.717) is 30.5 Å². The maximum atomic E-state index is 11.4. The number of nitrogens with one attached hydrogen (secondary N) is 2. The first-order chi connectivity index (χ1) is 9.09. The number of hydrogen-bond donors (Lipinski definition) is 2. The van der Waals surface area contributed by atoms with Gasteiger partial charge in [0.2, 0.25) is 0 Å². The number of hydrogen-bond acceptors (Lipinski definition) is 3. The Hall–Kier alpha value is -1.46. The lowest BCUT2D eigenvalue weighted by Crippen LogP contribution is -2.40. The average molecular weight is 286 g/mol. The third-order valence-electron chi connectivity index (χ3n) is 2.33. The van der Waals surface area contributed by atoms with Crippen molar-refractivity contribution in [2.24, 2.45) is 0 Å². The molecule has 106 valence electrons. The van der Waals surface area contributed by atoms with Crippen LogP contribution in [0.4, 0.5) is 4.79 Å². The Morgan fingerprint density at radius 2 is 1.95 bits per heavy atom. The molecule has 0 atom stereocenters. The molecule has 1 aromatic rings. The molecule has 1 rings (SSSR count). The average Bonchev–Trinajstić information content (AvgIpc) is 2.36. The lowest BCUT2D eigenvalue weighted by molar-refractivity contribution is 0.235. The molecule has 0 aromatic heterocycles. The smallest absolute Gasteiger partial charge is 0.314 e. The van der Waals surface area contributed by atoms with Crippen LogP contribution >= 0.6 is 11.6 Å². The Morgan fingerprint density at radius 1 is 1.26 bits per heavy atom. The number of para-hydroxylation sites is 1. The largest absolute Gasteiger partial charge is 0.490 e. The van der Waals surface area contributed by atoms with Crippen molar-refractivity contribution in [2.75, 3.05) is 40.3 Å². The van der Waals surface area contributed by atoms with Gasteiger partial charge in [-0.1, -0.05) is 23.7 Å². The first-order valence-corrected chi connectivity index (χ1v) is 6.51. The fourth-order valence-corrected chi connectivity index (χ4v) is 1.53. The van der Waals surface area contributed by atoms with Gasteiger partial charge < -0.3 is 20.3 Å². The normalized spacial score (nSPS) is 10.3. The molecule has 2 amide bonds. The first-order valence-electron chi connectivity index (χ1n) is 6.13. The second-order valence-electron chi connectivity index (χ2n) is 4.26. The zero-order valence-electron chi connectivity index (χ0n) is 11.3. The van der Waals surface area contributed by atoms with Crippen LogP contribution in [0.2, 0.25) is 5.02 Å². The van der Waals surface area contributed by atoms with Gasteiger partial charge in [0.1, 0.15) is 12.4 Å². The number of carbonyl (C=O) groups excluding carboxylic acids is 1. The molecule has 1 aromatic carbocycles. The number of carbonyl (C=O) groups is 1. The predicted octanol–water partition coefficient (Wildman–Crippen LogP) is 1.58. The van der Waals surface area contributed by atoms with Crippen molar-refractivity contribution in [3.8, 4) is 5.75 Å². The number of amides is 2. The third kappa shape index (κ3) is 6.88. The number of rotatable bonds is 7. The lowest BCUT2D eigenvalue weighted by Gasteiger charge is -2.12. The van der Waals surface area contributed by atoms with Crippen LogP contribution in [0.1, 0.15) is 0 Å². The molecule has 0 saturated carbocycles. The summed E-state index contributed by atoms with van der Waals surface area (Å²) >= 11 is 5.93. The number of halogens is 1.